The Bertz CT molecular complexity index is 537. The molecular formula is C15H15BrIN. The standard InChI is InChI=1S/C15H15BrIN/c1-10-2-4-11(5-3-10)8-15(18)13-9-12(16)6-7-14(13)17/h2-7,9,15H,8,18H2,1H3. The molecule has 2 aromatic carbocycles. The maximum Gasteiger partial charge on any atom is 0.0346 e. The van der Waals surface area contributed by atoms with E-state index in [9.17, 15) is 0 Å². The second-order valence-corrected chi connectivity index (χ2v) is 6.54. The number of halogens is 2. The Labute approximate surface area is 130 Å². The molecule has 0 heterocycles. The molecule has 1 nitrogen and oxygen atoms in total. The fourth-order valence-electron chi connectivity index (χ4n) is 1.89. The lowest BCUT2D eigenvalue weighted by Crippen LogP contribution is -2.14. The van der Waals surface area contributed by atoms with Gasteiger partial charge in [-0.05, 0) is 65.3 Å². The van der Waals surface area contributed by atoms with Crippen LogP contribution in [-0.4, -0.2) is 0 Å². The van der Waals surface area contributed by atoms with Gasteiger partial charge in [0.05, 0.1) is 0 Å². The van der Waals surface area contributed by atoms with Crippen molar-refractivity contribution in [3.05, 3.63) is 67.2 Å². The zero-order chi connectivity index (χ0) is 13.1. The third kappa shape index (κ3) is 3.56. The topological polar surface area (TPSA) is 26.0 Å². The van der Waals surface area contributed by atoms with Crippen molar-refractivity contribution < 1.29 is 0 Å². The van der Waals surface area contributed by atoms with E-state index >= 15 is 0 Å². The van der Waals surface area contributed by atoms with Gasteiger partial charge in [0.15, 0.2) is 0 Å². The number of rotatable bonds is 3. The first-order valence-electron chi connectivity index (χ1n) is 5.82. The molecule has 1 unspecified atom stereocenters. The van der Waals surface area contributed by atoms with Crippen LogP contribution in [0.25, 0.3) is 0 Å². The third-order valence-corrected chi connectivity index (χ3v) is 4.41. The number of benzene rings is 2. The van der Waals surface area contributed by atoms with Crippen molar-refractivity contribution in [1.29, 1.82) is 0 Å². The fraction of sp³-hybridized carbons (Fsp3) is 0.200. The van der Waals surface area contributed by atoms with Gasteiger partial charge in [0, 0.05) is 14.1 Å². The SMILES string of the molecule is Cc1ccc(CC(N)c2cc(Br)ccc2I)cc1. The smallest absolute Gasteiger partial charge is 0.0346 e. The molecule has 0 fully saturated rings. The summed E-state index contributed by atoms with van der Waals surface area (Å²) in [5.74, 6) is 0. The molecule has 18 heavy (non-hydrogen) atoms. The highest BCUT2D eigenvalue weighted by molar-refractivity contribution is 14.1. The Kier molecular flexibility index (Phi) is 4.81. The summed E-state index contributed by atoms with van der Waals surface area (Å²) >= 11 is 5.84. The zero-order valence-corrected chi connectivity index (χ0v) is 13.9. The maximum atomic E-state index is 6.31. The van der Waals surface area contributed by atoms with E-state index in [1.165, 1.54) is 20.3 Å². The van der Waals surface area contributed by atoms with E-state index in [2.05, 4.69) is 81.8 Å². The normalized spacial score (nSPS) is 12.4. The van der Waals surface area contributed by atoms with Gasteiger partial charge in [-0.25, -0.2) is 0 Å². The van der Waals surface area contributed by atoms with Crippen molar-refractivity contribution in [1.82, 2.24) is 0 Å². The minimum Gasteiger partial charge on any atom is -0.324 e. The van der Waals surface area contributed by atoms with Gasteiger partial charge in [0.2, 0.25) is 0 Å². The minimum absolute atomic E-state index is 0.0390. The van der Waals surface area contributed by atoms with E-state index in [1.807, 2.05) is 6.07 Å². The highest BCUT2D eigenvalue weighted by Crippen LogP contribution is 2.25. The van der Waals surface area contributed by atoms with Crippen molar-refractivity contribution in [2.24, 2.45) is 5.73 Å². The molecule has 2 rings (SSSR count). The average Bonchev–Trinajstić information content (AvgIpc) is 2.35. The lowest BCUT2D eigenvalue weighted by Gasteiger charge is -2.14. The van der Waals surface area contributed by atoms with Gasteiger partial charge in [0.25, 0.3) is 0 Å². The predicted octanol–water partition coefficient (Wildman–Crippen LogP) is 4.60. The molecular weight excluding hydrogens is 401 g/mol. The summed E-state index contributed by atoms with van der Waals surface area (Å²) < 4.78 is 2.30. The molecule has 3 heteroatoms. The summed E-state index contributed by atoms with van der Waals surface area (Å²) in [6.07, 6.45) is 0.868. The van der Waals surface area contributed by atoms with Crippen molar-refractivity contribution in [2.45, 2.75) is 19.4 Å². The molecule has 0 aliphatic carbocycles. The van der Waals surface area contributed by atoms with Crippen molar-refractivity contribution in [3.8, 4) is 0 Å². The molecule has 94 valence electrons. The Morgan fingerprint density at radius 3 is 2.50 bits per heavy atom. The van der Waals surface area contributed by atoms with Crippen molar-refractivity contribution >= 4 is 38.5 Å². The van der Waals surface area contributed by atoms with Gasteiger partial charge < -0.3 is 5.73 Å². The third-order valence-electron chi connectivity index (χ3n) is 2.93. The Morgan fingerprint density at radius 2 is 1.83 bits per heavy atom. The first kappa shape index (κ1) is 14.0. The highest BCUT2D eigenvalue weighted by Gasteiger charge is 2.11. The highest BCUT2D eigenvalue weighted by atomic mass is 127. The molecule has 0 saturated heterocycles. The van der Waals surface area contributed by atoms with E-state index in [4.69, 9.17) is 5.73 Å². The first-order valence-corrected chi connectivity index (χ1v) is 7.69. The summed E-state index contributed by atoms with van der Waals surface area (Å²) in [4.78, 5) is 0. The lowest BCUT2D eigenvalue weighted by atomic mass is 9.99. The zero-order valence-electron chi connectivity index (χ0n) is 10.2. The Morgan fingerprint density at radius 1 is 1.17 bits per heavy atom. The van der Waals surface area contributed by atoms with E-state index < -0.39 is 0 Å². The summed E-state index contributed by atoms with van der Waals surface area (Å²) in [5, 5.41) is 0. The van der Waals surface area contributed by atoms with Gasteiger partial charge in [-0.2, -0.15) is 0 Å². The van der Waals surface area contributed by atoms with Crippen LogP contribution in [0.5, 0.6) is 0 Å². The van der Waals surface area contributed by atoms with Crippen LogP contribution in [0.3, 0.4) is 0 Å². The Balaban J connectivity index is 2.18. The number of hydrogen-bond donors (Lipinski definition) is 1. The minimum atomic E-state index is 0.0390. The van der Waals surface area contributed by atoms with Crippen LogP contribution in [0.1, 0.15) is 22.7 Å². The number of hydrogen-bond acceptors (Lipinski definition) is 1. The monoisotopic (exact) mass is 415 g/mol. The number of aryl methyl sites for hydroxylation is 1. The molecule has 0 spiro atoms. The van der Waals surface area contributed by atoms with Gasteiger partial charge >= 0.3 is 0 Å². The molecule has 0 aromatic heterocycles. The molecule has 2 aromatic rings. The summed E-state index contributed by atoms with van der Waals surface area (Å²) in [5.41, 5.74) is 10.1. The van der Waals surface area contributed by atoms with Crippen molar-refractivity contribution in [3.63, 3.8) is 0 Å². The first-order chi connectivity index (χ1) is 8.56. The van der Waals surface area contributed by atoms with E-state index in [1.54, 1.807) is 0 Å². The molecule has 1 atom stereocenters. The molecule has 0 radical (unpaired) electrons. The quantitative estimate of drug-likeness (QED) is 0.728. The summed E-state index contributed by atoms with van der Waals surface area (Å²) in [6.45, 7) is 2.10. The van der Waals surface area contributed by atoms with Gasteiger partial charge in [-0.1, -0.05) is 45.8 Å². The van der Waals surface area contributed by atoms with Crippen LogP contribution < -0.4 is 5.73 Å². The van der Waals surface area contributed by atoms with Crippen LogP contribution in [0.4, 0.5) is 0 Å². The molecule has 0 aliphatic heterocycles. The average molecular weight is 416 g/mol. The molecule has 0 amide bonds. The van der Waals surface area contributed by atoms with E-state index in [-0.39, 0.29) is 6.04 Å². The Hall–Kier alpha value is -0.390. The van der Waals surface area contributed by atoms with Gasteiger partial charge in [0.1, 0.15) is 0 Å². The van der Waals surface area contributed by atoms with Crippen LogP contribution in [0, 0.1) is 10.5 Å². The van der Waals surface area contributed by atoms with E-state index in [0.29, 0.717) is 0 Å². The molecule has 0 aliphatic rings. The van der Waals surface area contributed by atoms with Crippen LogP contribution in [0.2, 0.25) is 0 Å². The van der Waals surface area contributed by atoms with Gasteiger partial charge in [-0.15, -0.1) is 0 Å². The molecule has 0 bridgehead atoms. The number of nitrogens with two attached hydrogens (primary N) is 1. The van der Waals surface area contributed by atoms with E-state index in [0.717, 1.165) is 10.9 Å². The second kappa shape index (κ2) is 6.17. The maximum absolute atomic E-state index is 6.31. The molecule has 2 N–H and O–H groups in total. The molecule has 0 saturated carbocycles. The summed E-state index contributed by atoms with van der Waals surface area (Å²) in [7, 11) is 0. The predicted molar refractivity (Wildman–Crippen MR) is 88.7 cm³/mol. The van der Waals surface area contributed by atoms with Crippen LogP contribution in [-0.2, 0) is 6.42 Å². The largest absolute Gasteiger partial charge is 0.324 e. The summed E-state index contributed by atoms with van der Waals surface area (Å²) in [6, 6.07) is 14.9. The van der Waals surface area contributed by atoms with Crippen LogP contribution in [0.15, 0.2) is 46.9 Å². The van der Waals surface area contributed by atoms with Gasteiger partial charge in [-0.3, -0.25) is 0 Å². The lowest BCUT2D eigenvalue weighted by molar-refractivity contribution is 0.717. The van der Waals surface area contributed by atoms with Crippen LogP contribution >= 0.6 is 38.5 Å². The second-order valence-electron chi connectivity index (χ2n) is 4.46. The van der Waals surface area contributed by atoms with Crippen molar-refractivity contribution in [2.75, 3.05) is 0 Å². The fourth-order valence-corrected chi connectivity index (χ4v) is 3.00.